The topological polar surface area (TPSA) is 98.9 Å². The van der Waals surface area contributed by atoms with Crippen LogP contribution < -0.4 is 5.73 Å². The number of nitriles is 1. The third-order valence-electron chi connectivity index (χ3n) is 4.67. The maximum atomic E-state index is 13.4. The molecule has 0 amide bonds. The molecule has 0 atom stereocenters. The second-order valence-electron chi connectivity index (χ2n) is 6.45. The maximum Gasteiger partial charge on any atom is 0.357 e. The van der Waals surface area contributed by atoms with Gasteiger partial charge in [-0.2, -0.15) is 10.4 Å². The highest BCUT2D eigenvalue weighted by molar-refractivity contribution is 5.96. The van der Waals surface area contributed by atoms with E-state index in [-0.39, 0.29) is 22.8 Å². The van der Waals surface area contributed by atoms with E-state index in [1.807, 2.05) is 24.3 Å². The van der Waals surface area contributed by atoms with E-state index in [2.05, 4.69) is 5.10 Å². The molecule has 0 bridgehead atoms. The molecule has 4 rings (SSSR count). The van der Waals surface area contributed by atoms with Crippen LogP contribution in [-0.2, 0) is 11.3 Å². The third-order valence-corrected chi connectivity index (χ3v) is 4.67. The molecule has 0 saturated heterocycles. The van der Waals surface area contributed by atoms with Crippen molar-refractivity contribution in [1.29, 1.82) is 5.26 Å². The molecule has 4 aromatic rings. The summed E-state index contributed by atoms with van der Waals surface area (Å²) in [5.74, 6) is -0.930. The number of aromatic nitrogens is 3. The van der Waals surface area contributed by atoms with E-state index in [0.717, 1.165) is 16.5 Å². The first-order chi connectivity index (χ1) is 14.0. The normalized spacial score (nSPS) is 10.8. The van der Waals surface area contributed by atoms with Gasteiger partial charge < -0.3 is 15.0 Å². The minimum atomic E-state index is -0.633. The molecule has 0 radical (unpaired) electrons. The Labute approximate surface area is 165 Å². The molecule has 0 spiro atoms. The van der Waals surface area contributed by atoms with Crippen LogP contribution in [0.1, 0.15) is 21.6 Å². The summed E-state index contributed by atoms with van der Waals surface area (Å²) >= 11 is 0. The number of halogens is 1. The van der Waals surface area contributed by atoms with Crippen LogP contribution in [-0.4, -0.2) is 27.4 Å². The van der Waals surface area contributed by atoms with Crippen molar-refractivity contribution < 1.29 is 13.9 Å². The van der Waals surface area contributed by atoms with Crippen molar-refractivity contribution in [2.24, 2.45) is 0 Å². The summed E-state index contributed by atoms with van der Waals surface area (Å²) in [5, 5.41) is 14.5. The summed E-state index contributed by atoms with van der Waals surface area (Å²) in [5.41, 5.74) is 8.58. The van der Waals surface area contributed by atoms with Crippen LogP contribution in [0.5, 0.6) is 0 Å². The number of hydrogen-bond donors (Lipinski definition) is 1. The second-order valence-corrected chi connectivity index (χ2v) is 6.45. The molecule has 29 heavy (non-hydrogen) atoms. The Bertz CT molecular complexity index is 1280. The molecule has 0 aliphatic carbocycles. The fourth-order valence-electron chi connectivity index (χ4n) is 3.28. The molecule has 2 aromatic heterocycles. The van der Waals surface area contributed by atoms with Gasteiger partial charge in [0.25, 0.3) is 0 Å². The van der Waals surface area contributed by atoms with Crippen molar-refractivity contribution >= 4 is 22.6 Å². The van der Waals surface area contributed by atoms with Gasteiger partial charge >= 0.3 is 5.97 Å². The smallest absolute Gasteiger partial charge is 0.357 e. The second kappa shape index (κ2) is 7.13. The van der Waals surface area contributed by atoms with Crippen LogP contribution in [0.2, 0.25) is 0 Å². The first-order valence-corrected chi connectivity index (χ1v) is 8.71. The summed E-state index contributed by atoms with van der Waals surface area (Å²) in [6.07, 6.45) is 3.19. The summed E-state index contributed by atoms with van der Waals surface area (Å²) < 4.78 is 21.5. The van der Waals surface area contributed by atoms with Gasteiger partial charge in [-0.3, -0.25) is 4.68 Å². The van der Waals surface area contributed by atoms with E-state index in [1.54, 1.807) is 23.0 Å². The fourth-order valence-corrected chi connectivity index (χ4v) is 3.28. The minimum absolute atomic E-state index is 0.0706. The van der Waals surface area contributed by atoms with Crippen LogP contribution in [0.3, 0.4) is 0 Å². The zero-order valence-corrected chi connectivity index (χ0v) is 15.5. The zero-order valence-electron chi connectivity index (χ0n) is 15.5. The minimum Gasteiger partial charge on any atom is -0.464 e. The zero-order chi connectivity index (χ0) is 20.5. The van der Waals surface area contributed by atoms with Crippen molar-refractivity contribution in [2.45, 2.75) is 6.54 Å². The molecule has 0 aliphatic heterocycles. The number of esters is 1. The van der Waals surface area contributed by atoms with E-state index >= 15 is 0 Å². The molecule has 2 N–H and O–H groups in total. The first-order valence-electron chi connectivity index (χ1n) is 8.71. The Hall–Kier alpha value is -4.12. The van der Waals surface area contributed by atoms with Crippen LogP contribution in [0.15, 0.2) is 54.9 Å². The van der Waals surface area contributed by atoms with Crippen molar-refractivity contribution in [3.05, 3.63) is 77.5 Å². The number of fused-ring (bicyclic) bond motifs is 1. The lowest BCUT2D eigenvalue weighted by atomic mass is 10.2. The van der Waals surface area contributed by atoms with Gasteiger partial charge in [-0.25, -0.2) is 9.18 Å². The summed E-state index contributed by atoms with van der Waals surface area (Å²) in [6, 6.07) is 13.8. The Kier molecular flexibility index (Phi) is 4.49. The highest BCUT2D eigenvalue weighted by Gasteiger charge is 2.22. The maximum absolute atomic E-state index is 13.4. The van der Waals surface area contributed by atoms with Crippen LogP contribution >= 0.6 is 0 Å². The number of nitrogen functional groups attached to an aromatic ring is 1. The summed E-state index contributed by atoms with van der Waals surface area (Å²) in [6.45, 7) is 0.420. The Morgan fingerprint density at radius 2 is 2.14 bits per heavy atom. The molecular formula is C21H16FN5O2. The van der Waals surface area contributed by atoms with Crippen LogP contribution in [0.25, 0.3) is 16.6 Å². The monoisotopic (exact) mass is 389 g/mol. The van der Waals surface area contributed by atoms with E-state index in [0.29, 0.717) is 12.2 Å². The third kappa shape index (κ3) is 3.19. The van der Waals surface area contributed by atoms with Gasteiger partial charge in [0, 0.05) is 17.3 Å². The summed E-state index contributed by atoms with van der Waals surface area (Å²) in [4.78, 5) is 12.2. The number of nitrogens with two attached hydrogens (primary N) is 1. The molecule has 0 fully saturated rings. The Balaban J connectivity index is 1.77. The quantitative estimate of drug-likeness (QED) is 0.540. The van der Waals surface area contributed by atoms with Crippen LogP contribution in [0.4, 0.5) is 10.1 Å². The van der Waals surface area contributed by atoms with Gasteiger partial charge in [0.15, 0.2) is 5.69 Å². The molecule has 144 valence electrons. The van der Waals surface area contributed by atoms with Crippen LogP contribution in [0, 0.1) is 17.1 Å². The molecule has 0 saturated carbocycles. The van der Waals surface area contributed by atoms with Crippen molar-refractivity contribution in [1.82, 2.24) is 14.3 Å². The Morgan fingerprint density at radius 1 is 1.31 bits per heavy atom. The lowest BCUT2D eigenvalue weighted by Crippen LogP contribution is -2.11. The SMILES string of the molecule is COC(=O)c1c(N)c(C#N)cn1-c1ccc2c(cnn2Cc2cccc(F)c2)c1. The highest BCUT2D eigenvalue weighted by atomic mass is 19.1. The molecule has 7 nitrogen and oxygen atoms in total. The molecule has 8 heteroatoms. The predicted molar refractivity (Wildman–Crippen MR) is 105 cm³/mol. The van der Waals surface area contributed by atoms with Gasteiger partial charge in [0.2, 0.25) is 0 Å². The molecule has 0 aliphatic rings. The average Bonchev–Trinajstić information content (AvgIpc) is 3.27. The van der Waals surface area contributed by atoms with Crippen molar-refractivity contribution in [3.63, 3.8) is 0 Å². The fraction of sp³-hybridized carbons (Fsp3) is 0.0952. The molecule has 2 heterocycles. The number of rotatable bonds is 4. The van der Waals surface area contributed by atoms with Gasteiger partial charge in [-0.05, 0) is 35.9 Å². The van der Waals surface area contributed by atoms with Gasteiger partial charge in [0.05, 0.1) is 36.6 Å². The van der Waals surface area contributed by atoms with Gasteiger partial charge in [-0.15, -0.1) is 0 Å². The summed E-state index contributed by atoms with van der Waals surface area (Å²) in [7, 11) is 1.25. The predicted octanol–water partition coefficient (Wildman–Crippen LogP) is 3.25. The van der Waals surface area contributed by atoms with Crippen molar-refractivity contribution in [3.8, 4) is 11.8 Å². The number of benzene rings is 2. The van der Waals surface area contributed by atoms with E-state index in [9.17, 15) is 14.4 Å². The number of carbonyl (C=O) groups is 1. The molecular weight excluding hydrogens is 373 g/mol. The Morgan fingerprint density at radius 3 is 2.86 bits per heavy atom. The van der Waals surface area contributed by atoms with E-state index < -0.39 is 5.97 Å². The van der Waals surface area contributed by atoms with Gasteiger partial charge in [0.1, 0.15) is 11.9 Å². The number of nitrogens with zero attached hydrogens (tertiary/aromatic N) is 4. The van der Waals surface area contributed by atoms with Crippen molar-refractivity contribution in [2.75, 3.05) is 12.8 Å². The lowest BCUT2D eigenvalue weighted by molar-refractivity contribution is 0.0593. The number of methoxy groups -OCH3 is 1. The number of hydrogen-bond acceptors (Lipinski definition) is 5. The largest absolute Gasteiger partial charge is 0.464 e. The number of carbonyl (C=O) groups excluding carboxylic acids is 1. The number of anilines is 1. The average molecular weight is 389 g/mol. The van der Waals surface area contributed by atoms with E-state index in [1.165, 1.54) is 30.0 Å². The molecule has 0 unspecified atom stereocenters. The standard InChI is InChI=1S/C21H16FN5O2/c1-29-21(28)20-19(24)15(9-23)12-26(20)17-5-6-18-14(8-17)10-25-27(18)11-13-3-2-4-16(22)7-13/h2-8,10,12H,11,24H2,1H3. The lowest BCUT2D eigenvalue weighted by Gasteiger charge is -2.09. The highest BCUT2D eigenvalue weighted by Crippen LogP contribution is 2.27. The molecule has 2 aromatic carbocycles. The number of ether oxygens (including phenoxy) is 1. The first kappa shape index (κ1) is 18.3. The van der Waals surface area contributed by atoms with E-state index in [4.69, 9.17) is 10.5 Å². The van der Waals surface area contributed by atoms with Gasteiger partial charge in [-0.1, -0.05) is 12.1 Å².